The van der Waals surface area contributed by atoms with Gasteiger partial charge in [-0.1, -0.05) is 12.1 Å². The molecule has 28 heavy (non-hydrogen) atoms. The van der Waals surface area contributed by atoms with Gasteiger partial charge in [0.05, 0.1) is 0 Å². The van der Waals surface area contributed by atoms with Crippen LogP contribution in [0.1, 0.15) is 35.2 Å². The number of amides is 1. The Morgan fingerprint density at radius 3 is 2.71 bits per heavy atom. The summed E-state index contributed by atoms with van der Waals surface area (Å²) in [5, 5.41) is 7.56. The number of pyridine rings is 1. The Bertz CT molecular complexity index is 926. The first-order valence-corrected chi connectivity index (χ1v) is 9.54. The molecular weight excluding hydrogens is 357 g/mol. The minimum atomic E-state index is -0.207. The number of nitrogens with zero attached hydrogens (tertiary/aromatic N) is 5. The Morgan fingerprint density at radius 1 is 1.14 bits per heavy atom. The van der Waals surface area contributed by atoms with E-state index in [0.29, 0.717) is 17.3 Å². The lowest BCUT2D eigenvalue weighted by Crippen LogP contribution is -2.40. The van der Waals surface area contributed by atoms with Gasteiger partial charge in [0.15, 0.2) is 0 Å². The lowest BCUT2D eigenvalue weighted by atomic mass is 9.91. The molecule has 0 saturated carbocycles. The van der Waals surface area contributed by atoms with Gasteiger partial charge >= 0.3 is 0 Å². The summed E-state index contributed by atoms with van der Waals surface area (Å²) in [6, 6.07) is 10.2. The van der Waals surface area contributed by atoms with Gasteiger partial charge in [-0.25, -0.2) is 9.37 Å². The average Bonchev–Trinajstić information content (AvgIpc) is 3.28. The molecule has 1 amide bonds. The van der Waals surface area contributed by atoms with Crippen molar-refractivity contribution in [1.29, 1.82) is 0 Å². The number of hydrogen-bond donors (Lipinski definition) is 0. The second kappa shape index (κ2) is 8.29. The summed E-state index contributed by atoms with van der Waals surface area (Å²) in [5.41, 5.74) is 1.76. The van der Waals surface area contributed by atoms with Crippen molar-refractivity contribution in [3.8, 4) is 5.82 Å². The molecule has 1 aliphatic heterocycles. The van der Waals surface area contributed by atoms with Gasteiger partial charge in [0.25, 0.3) is 5.91 Å². The van der Waals surface area contributed by atoms with Crippen molar-refractivity contribution in [1.82, 2.24) is 24.6 Å². The fraction of sp³-hybridized carbons (Fsp3) is 0.333. The van der Waals surface area contributed by atoms with Crippen LogP contribution in [0.5, 0.6) is 0 Å². The highest BCUT2D eigenvalue weighted by Crippen LogP contribution is 2.23. The number of hydrogen-bond acceptors (Lipinski definition) is 4. The smallest absolute Gasteiger partial charge is 0.254 e. The maximum atomic E-state index is 13.0. The van der Waals surface area contributed by atoms with Crippen molar-refractivity contribution < 1.29 is 9.18 Å². The summed E-state index contributed by atoms with van der Waals surface area (Å²) in [6.45, 7) is 1.53. The third-order valence-electron chi connectivity index (χ3n) is 5.24. The standard InChI is InChI=1S/C21H22FN5O/c22-19-7-5-16(6-8-19)3-4-17-2-1-11-26(13-17)21(28)18-9-10-23-20(12-18)27-14-24-25-15-27/h5-10,12,14-15,17H,1-4,11,13H2. The Kier molecular flexibility index (Phi) is 5.41. The number of carbonyl (C=O) groups excluding carboxylic acids is 1. The highest BCUT2D eigenvalue weighted by atomic mass is 19.1. The number of aromatic nitrogens is 4. The number of rotatable bonds is 5. The average molecular weight is 379 g/mol. The highest BCUT2D eigenvalue weighted by molar-refractivity contribution is 5.94. The Balaban J connectivity index is 1.39. The molecule has 1 aromatic carbocycles. The molecule has 2 aromatic heterocycles. The molecule has 0 radical (unpaired) electrons. The third kappa shape index (κ3) is 4.24. The van der Waals surface area contributed by atoms with Gasteiger partial charge in [-0.2, -0.15) is 0 Å². The molecule has 6 nitrogen and oxygen atoms in total. The van der Waals surface area contributed by atoms with E-state index in [1.165, 1.54) is 12.1 Å². The van der Waals surface area contributed by atoms with Gasteiger partial charge in [-0.3, -0.25) is 9.36 Å². The molecule has 0 bridgehead atoms. The van der Waals surface area contributed by atoms with Crippen LogP contribution in [-0.4, -0.2) is 43.6 Å². The minimum Gasteiger partial charge on any atom is -0.338 e. The molecule has 1 atom stereocenters. The number of piperidine rings is 1. The van der Waals surface area contributed by atoms with Gasteiger partial charge in [-0.05, 0) is 61.4 Å². The van der Waals surface area contributed by atoms with E-state index in [2.05, 4.69) is 15.2 Å². The van der Waals surface area contributed by atoms with Crippen molar-refractivity contribution in [2.75, 3.05) is 13.1 Å². The third-order valence-corrected chi connectivity index (χ3v) is 5.24. The van der Waals surface area contributed by atoms with Crippen LogP contribution in [0.15, 0.2) is 55.2 Å². The molecule has 3 aromatic rings. The Morgan fingerprint density at radius 2 is 1.93 bits per heavy atom. The van der Waals surface area contributed by atoms with Crippen molar-refractivity contribution in [3.63, 3.8) is 0 Å². The van der Waals surface area contributed by atoms with Crippen LogP contribution in [0.3, 0.4) is 0 Å². The summed E-state index contributed by atoms with van der Waals surface area (Å²) in [4.78, 5) is 19.2. The van der Waals surface area contributed by atoms with Gasteiger partial charge in [0, 0.05) is 24.8 Å². The van der Waals surface area contributed by atoms with Crippen LogP contribution in [0.2, 0.25) is 0 Å². The van der Waals surface area contributed by atoms with E-state index >= 15 is 0 Å². The van der Waals surface area contributed by atoms with Gasteiger partial charge in [-0.15, -0.1) is 10.2 Å². The molecule has 1 unspecified atom stereocenters. The van der Waals surface area contributed by atoms with Crippen molar-refractivity contribution in [3.05, 3.63) is 72.2 Å². The van der Waals surface area contributed by atoms with E-state index in [-0.39, 0.29) is 11.7 Å². The SMILES string of the molecule is O=C(c1ccnc(-n2cnnc2)c1)N1CCCC(CCc2ccc(F)cc2)C1. The van der Waals surface area contributed by atoms with Crippen LogP contribution in [0.25, 0.3) is 5.82 Å². The highest BCUT2D eigenvalue weighted by Gasteiger charge is 2.24. The predicted molar refractivity (Wildman–Crippen MR) is 103 cm³/mol. The number of likely N-dealkylation sites (tertiary alicyclic amines) is 1. The topological polar surface area (TPSA) is 63.9 Å². The van der Waals surface area contributed by atoms with Crippen LogP contribution >= 0.6 is 0 Å². The first kappa shape index (κ1) is 18.3. The normalized spacial score (nSPS) is 16.9. The van der Waals surface area contributed by atoms with Crippen molar-refractivity contribution >= 4 is 5.91 Å². The molecule has 1 aliphatic rings. The van der Waals surface area contributed by atoms with Crippen LogP contribution < -0.4 is 0 Å². The first-order valence-electron chi connectivity index (χ1n) is 9.54. The van der Waals surface area contributed by atoms with Crippen molar-refractivity contribution in [2.24, 2.45) is 5.92 Å². The Labute approximate surface area is 163 Å². The summed E-state index contributed by atoms with van der Waals surface area (Å²) in [5.74, 6) is 0.909. The molecule has 0 aliphatic carbocycles. The number of benzene rings is 1. The molecule has 7 heteroatoms. The Hall–Kier alpha value is -3.09. The van der Waals surface area contributed by atoms with E-state index in [1.54, 1.807) is 35.6 Å². The fourth-order valence-corrected chi connectivity index (χ4v) is 3.70. The van der Waals surface area contributed by atoms with E-state index < -0.39 is 0 Å². The second-order valence-corrected chi connectivity index (χ2v) is 7.20. The van der Waals surface area contributed by atoms with Crippen LogP contribution in [0.4, 0.5) is 4.39 Å². The van der Waals surface area contributed by atoms with E-state index in [4.69, 9.17) is 0 Å². The van der Waals surface area contributed by atoms with Gasteiger partial charge < -0.3 is 4.90 Å². The number of aryl methyl sites for hydroxylation is 1. The van der Waals surface area contributed by atoms with E-state index in [9.17, 15) is 9.18 Å². The maximum Gasteiger partial charge on any atom is 0.254 e. The maximum absolute atomic E-state index is 13.0. The second-order valence-electron chi connectivity index (χ2n) is 7.20. The molecular formula is C21H22FN5O. The molecule has 3 heterocycles. The van der Waals surface area contributed by atoms with Crippen LogP contribution in [0, 0.1) is 11.7 Å². The fourth-order valence-electron chi connectivity index (χ4n) is 3.70. The zero-order valence-electron chi connectivity index (χ0n) is 15.5. The van der Waals surface area contributed by atoms with Gasteiger partial charge in [0.1, 0.15) is 24.3 Å². The largest absolute Gasteiger partial charge is 0.338 e. The van der Waals surface area contributed by atoms with E-state index in [1.807, 2.05) is 17.0 Å². The first-order chi connectivity index (χ1) is 13.7. The summed E-state index contributed by atoms with van der Waals surface area (Å²) < 4.78 is 14.7. The monoisotopic (exact) mass is 379 g/mol. The van der Waals surface area contributed by atoms with E-state index in [0.717, 1.165) is 44.3 Å². The zero-order valence-corrected chi connectivity index (χ0v) is 15.5. The molecule has 1 fully saturated rings. The number of carbonyl (C=O) groups is 1. The lowest BCUT2D eigenvalue weighted by molar-refractivity contribution is 0.0668. The minimum absolute atomic E-state index is 0.0307. The van der Waals surface area contributed by atoms with Gasteiger partial charge in [0.2, 0.25) is 0 Å². The lowest BCUT2D eigenvalue weighted by Gasteiger charge is -2.33. The summed E-state index contributed by atoms with van der Waals surface area (Å²) in [7, 11) is 0. The molecule has 0 spiro atoms. The number of halogens is 1. The predicted octanol–water partition coefficient (Wildman–Crippen LogP) is 3.29. The zero-order chi connectivity index (χ0) is 19.3. The van der Waals surface area contributed by atoms with Crippen molar-refractivity contribution in [2.45, 2.75) is 25.7 Å². The molecule has 4 rings (SSSR count). The summed E-state index contributed by atoms with van der Waals surface area (Å²) >= 11 is 0. The molecule has 1 saturated heterocycles. The molecule has 0 N–H and O–H groups in total. The van der Waals surface area contributed by atoms with Crippen LogP contribution in [-0.2, 0) is 6.42 Å². The quantitative estimate of drug-likeness (QED) is 0.682. The molecule has 144 valence electrons. The summed E-state index contributed by atoms with van der Waals surface area (Å²) in [6.07, 6.45) is 8.78.